The highest BCUT2D eigenvalue weighted by atomic mass is 32.1. The fourth-order valence-electron chi connectivity index (χ4n) is 1.64. The number of nitrogens with one attached hydrogen (secondary N) is 1. The Hall–Kier alpha value is -1.14. The minimum absolute atomic E-state index is 0.111. The average molecular weight is 242 g/mol. The van der Waals surface area contributed by atoms with Gasteiger partial charge in [0.25, 0.3) is 0 Å². The van der Waals surface area contributed by atoms with Crippen LogP contribution in [0.4, 0.5) is 5.13 Å². The van der Waals surface area contributed by atoms with Crippen LogP contribution in [0.5, 0.6) is 0 Å². The molecule has 1 fully saturated rings. The smallest absolute Gasteiger partial charge is 0.355 e. The number of aromatic nitrogens is 1. The summed E-state index contributed by atoms with van der Waals surface area (Å²) in [6, 6.07) is 0. The molecule has 0 unspecified atom stereocenters. The number of anilines is 1. The number of hydrogen-bond acceptors (Lipinski definition) is 5. The first-order chi connectivity index (χ1) is 7.75. The van der Waals surface area contributed by atoms with E-state index < -0.39 is 5.97 Å². The van der Waals surface area contributed by atoms with Gasteiger partial charge < -0.3 is 15.2 Å². The van der Waals surface area contributed by atoms with E-state index in [-0.39, 0.29) is 5.69 Å². The number of rotatable bonds is 4. The number of nitrogens with zero attached hydrogens (tertiary/aromatic N) is 1. The van der Waals surface area contributed by atoms with Crippen molar-refractivity contribution in [3.8, 4) is 0 Å². The van der Waals surface area contributed by atoms with Gasteiger partial charge in [0.2, 0.25) is 0 Å². The maximum atomic E-state index is 10.6. The Morgan fingerprint density at radius 1 is 1.62 bits per heavy atom. The molecule has 2 rings (SSSR count). The number of carboxylic acid groups (broad SMARTS) is 1. The van der Waals surface area contributed by atoms with Gasteiger partial charge in [-0.1, -0.05) is 0 Å². The molecule has 1 aliphatic heterocycles. The zero-order valence-electron chi connectivity index (χ0n) is 8.81. The normalized spacial score (nSPS) is 17.2. The first kappa shape index (κ1) is 11.3. The van der Waals surface area contributed by atoms with Crippen LogP contribution >= 0.6 is 11.3 Å². The fraction of sp³-hybridized carbons (Fsp3) is 0.600. The Bertz CT molecular complexity index is 361. The Kier molecular flexibility index (Phi) is 3.74. The minimum Gasteiger partial charge on any atom is -0.476 e. The molecule has 5 nitrogen and oxygen atoms in total. The Balaban J connectivity index is 1.81. The number of carboxylic acids is 1. The van der Waals surface area contributed by atoms with Crippen LogP contribution in [0, 0.1) is 5.92 Å². The molecule has 0 amide bonds. The predicted octanol–water partition coefficient (Wildman–Crippen LogP) is 1.68. The van der Waals surface area contributed by atoms with Crippen molar-refractivity contribution in [2.24, 2.45) is 5.92 Å². The number of carbonyl (C=O) groups is 1. The molecular weight excluding hydrogens is 228 g/mol. The van der Waals surface area contributed by atoms with Crippen LogP contribution < -0.4 is 5.32 Å². The Morgan fingerprint density at radius 3 is 3.00 bits per heavy atom. The molecule has 0 aliphatic carbocycles. The average Bonchev–Trinajstić information content (AvgIpc) is 2.76. The van der Waals surface area contributed by atoms with Crippen molar-refractivity contribution in [2.75, 3.05) is 25.1 Å². The number of hydrogen-bond donors (Lipinski definition) is 2. The van der Waals surface area contributed by atoms with Crippen molar-refractivity contribution >= 4 is 22.4 Å². The van der Waals surface area contributed by atoms with E-state index in [9.17, 15) is 4.79 Å². The summed E-state index contributed by atoms with van der Waals surface area (Å²) in [6.07, 6.45) is 2.12. The monoisotopic (exact) mass is 242 g/mol. The van der Waals surface area contributed by atoms with Crippen LogP contribution in [0.3, 0.4) is 0 Å². The summed E-state index contributed by atoms with van der Waals surface area (Å²) in [7, 11) is 0. The molecule has 1 saturated heterocycles. The van der Waals surface area contributed by atoms with E-state index in [1.807, 2.05) is 0 Å². The molecule has 0 spiro atoms. The van der Waals surface area contributed by atoms with Crippen molar-refractivity contribution in [1.82, 2.24) is 4.98 Å². The maximum absolute atomic E-state index is 10.6. The highest BCUT2D eigenvalue weighted by Crippen LogP contribution is 2.19. The topological polar surface area (TPSA) is 71.5 Å². The van der Waals surface area contributed by atoms with Crippen LogP contribution in [-0.4, -0.2) is 35.8 Å². The number of aromatic carboxylic acids is 1. The molecule has 0 radical (unpaired) electrons. The summed E-state index contributed by atoms with van der Waals surface area (Å²) in [5.74, 6) is -0.374. The minimum atomic E-state index is -0.977. The summed E-state index contributed by atoms with van der Waals surface area (Å²) in [6.45, 7) is 2.49. The third kappa shape index (κ3) is 2.93. The van der Waals surface area contributed by atoms with Gasteiger partial charge in [0.15, 0.2) is 10.8 Å². The predicted molar refractivity (Wildman–Crippen MR) is 61.1 cm³/mol. The van der Waals surface area contributed by atoms with Gasteiger partial charge >= 0.3 is 5.97 Å². The lowest BCUT2D eigenvalue weighted by molar-refractivity contribution is 0.0691. The number of ether oxygens (including phenoxy) is 1. The highest BCUT2D eigenvalue weighted by molar-refractivity contribution is 7.13. The first-order valence-corrected chi connectivity index (χ1v) is 6.14. The molecule has 1 aromatic rings. The summed E-state index contributed by atoms with van der Waals surface area (Å²) >= 11 is 1.33. The number of thiazole rings is 1. The zero-order chi connectivity index (χ0) is 11.4. The summed E-state index contributed by atoms with van der Waals surface area (Å²) in [5.41, 5.74) is 0.111. The first-order valence-electron chi connectivity index (χ1n) is 5.26. The molecule has 88 valence electrons. The van der Waals surface area contributed by atoms with Gasteiger partial charge in [-0.3, -0.25) is 0 Å². The molecule has 6 heteroatoms. The van der Waals surface area contributed by atoms with E-state index in [0.717, 1.165) is 32.6 Å². The van der Waals surface area contributed by atoms with Crippen molar-refractivity contribution in [3.05, 3.63) is 11.1 Å². The van der Waals surface area contributed by atoms with Crippen LogP contribution in [0.1, 0.15) is 23.3 Å². The second-order valence-electron chi connectivity index (χ2n) is 3.78. The lowest BCUT2D eigenvalue weighted by Crippen LogP contribution is -2.22. The molecule has 1 aliphatic rings. The second-order valence-corrected chi connectivity index (χ2v) is 4.64. The quantitative estimate of drug-likeness (QED) is 0.840. The van der Waals surface area contributed by atoms with Crippen molar-refractivity contribution in [1.29, 1.82) is 0 Å². The molecule has 0 bridgehead atoms. The summed E-state index contributed by atoms with van der Waals surface area (Å²) < 4.78 is 5.27. The lowest BCUT2D eigenvalue weighted by Gasteiger charge is -2.21. The van der Waals surface area contributed by atoms with Gasteiger partial charge in [-0.2, -0.15) is 0 Å². The van der Waals surface area contributed by atoms with Crippen molar-refractivity contribution in [2.45, 2.75) is 12.8 Å². The third-order valence-corrected chi connectivity index (χ3v) is 3.41. The third-order valence-electron chi connectivity index (χ3n) is 2.61. The van der Waals surface area contributed by atoms with E-state index in [2.05, 4.69) is 10.3 Å². The van der Waals surface area contributed by atoms with Gasteiger partial charge in [0, 0.05) is 25.1 Å². The van der Waals surface area contributed by atoms with Crippen molar-refractivity contribution in [3.63, 3.8) is 0 Å². The van der Waals surface area contributed by atoms with Gasteiger partial charge in [0.1, 0.15) is 0 Å². The van der Waals surface area contributed by atoms with E-state index in [1.165, 1.54) is 11.3 Å². The highest BCUT2D eigenvalue weighted by Gasteiger charge is 2.14. The van der Waals surface area contributed by atoms with E-state index in [0.29, 0.717) is 11.0 Å². The maximum Gasteiger partial charge on any atom is 0.355 e. The molecule has 0 atom stereocenters. The van der Waals surface area contributed by atoms with Gasteiger partial charge in [-0.25, -0.2) is 9.78 Å². The fourth-order valence-corrected chi connectivity index (χ4v) is 2.33. The molecular formula is C10H14N2O3S. The Morgan fingerprint density at radius 2 is 2.38 bits per heavy atom. The summed E-state index contributed by atoms with van der Waals surface area (Å²) in [4.78, 5) is 14.6. The SMILES string of the molecule is O=C(O)c1csc(NCC2CCOCC2)n1. The largest absolute Gasteiger partial charge is 0.476 e. The van der Waals surface area contributed by atoms with Crippen LogP contribution in [0.25, 0.3) is 0 Å². The molecule has 16 heavy (non-hydrogen) atoms. The van der Waals surface area contributed by atoms with Crippen LogP contribution in [0.15, 0.2) is 5.38 Å². The van der Waals surface area contributed by atoms with E-state index in [4.69, 9.17) is 9.84 Å². The summed E-state index contributed by atoms with van der Waals surface area (Å²) in [5, 5.41) is 14.1. The van der Waals surface area contributed by atoms with Crippen molar-refractivity contribution < 1.29 is 14.6 Å². The standard InChI is InChI=1S/C10H14N2O3S/c13-9(14)8-6-16-10(12-8)11-5-7-1-3-15-4-2-7/h6-7H,1-5H2,(H,11,12)(H,13,14). The second kappa shape index (κ2) is 5.27. The Labute approximate surface area is 97.5 Å². The van der Waals surface area contributed by atoms with E-state index in [1.54, 1.807) is 5.38 Å². The van der Waals surface area contributed by atoms with Gasteiger partial charge in [-0.15, -0.1) is 11.3 Å². The molecule has 2 heterocycles. The molecule has 0 saturated carbocycles. The molecule has 1 aromatic heterocycles. The zero-order valence-corrected chi connectivity index (χ0v) is 9.63. The van der Waals surface area contributed by atoms with Gasteiger partial charge in [0.05, 0.1) is 0 Å². The van der Waals surface area contributed by atoms with Gasteiger partial charge in [-0.05, 0) is 18.8 Å². The van der Waals surface area contributed by atoms with Crippen LogP contribution in [0.2, 0.25) is 0 Å². The van der Waals surface area contributed by atoms with E-state index >= 15 is 0 Å². The lowest BCUT2D eigenvalue weighted by atomic mass is 10.0. The van der Waals surface area contributed by atoms with Crippen LogP contribution in [-0.2, 0) is 4.74 Å². The molecule has 2 N–H and O–H groups in total. The molecule has 0 aromatic carbocycles.